The molecule has 1 aromatic carbocycles. The number of aryl methyl sites for hydroxylation is 1. The molecule has 0 spiro atoms. The molecule has 122 valence electrons. The van der Waals surface area contributed by atoms with Crippen molar-refractivity contribution in [3.63, 3.8) is 0 Å². The summed E-state index contributed by atoms with van der Waals surface area (Å²) in [6, 6.07) is 9.64. The zero-order valence-corrected chi connectivity index (χ0v) is 13.4. The maximum absolute atomic E-state index is 12.7. The zero-order chi connectivity index (χ0) is 16.4. The summed E-state index contributed by atoms with van der Waals surface area (Å²) in [5.74, 6) is 0.350. The standard InChI is InChI=1S/C15H17N3O4S/c1-11-9-14(19)17-15(16-11)13-10-18(7-8-22-13)23(20,21)12-5-3-2-4-6-12/h2-6,9,13H,7-8,10H2,1H3,(H,16,17,19)/t13-/m1/s1. The molecule has 0 bridgehead atoms. The maximum atomic E-state index is 12.7. The van der Waals surface area contributed by atoms with E-state index in [4.69, 9.17) is 4.74 Å². The molecule has 1 N–H and O–H groups in total. The molecular formula is C15H17N3O4S. The van der Waals surface area contributed by atoms with Gasteiger partial charge in [0.15, 0.2) is 0 Å². The number of aromatic amines is 1. The van der Waals surface area contributed by atoms with Gasteiger partial charge in [-0.05, 0) is 19.1 Å². The molecule has 1 aliphatic rings. The third-order valence-corrected chi connectivity index (χ3v) is 5.48. The van der Waals surface area contributed by atoms with Crippen molar-refractivity contribution < 1.29 is 13.2 Å². The van der Waals surface area contributed by atoms with Crippen LogP contribution < -0.4 is 5.56 Å². The number of hydrogen-bond acceptors (Lipinski definition) is 5. The minimum atomic E-state index is -3.59. The Morgan fingerprint density at radius 2 is 2.04 bits per heavy atom. The van der Waals surface area contributed by atoms with E-state index >= 15 is 0 Å². The molecule has 1 atom stereocenters. The van der Waals surface area contributed by atoms with Crippen molar-refractivity contribution in [3.8, 4) is 0 Å². The molecule has 1 saturated heterocycles. The Morgan fingerprint density at radius 1 is 1.30 bits per heavy atom. The van der Waals surface area contributed by atoms with Crippen LogP contribution in [0.4, 0.5) is 0 Å². The second-order valence-corrected chi connectivity index (χ2v) is 7.25. The van der Waals surface area contributed by atoms with Gasteiger partial charge in [-0.1, -0.05) is 18.2 Å². The molecular weight excluding hydrogens is 318 g/mol. The van der Waals surface area contributed by atoms with Crippen LogP contribution in [0.3, 0.4) is 0 Å². The number of ether oxygens (including phenoxy) is 1. The van der Waals surface area contributed by atoms with Crippen LogP contribution in [0, 0.1) is 6.92 Å². The fraction of sp³-hybridized carbons (Fsp3) is 0.333. The number of aromatic nitrogens is 2. The summed E-state index contributed by atoms with van der Waals surface area (Å²) < 4.78 is 32.3. The monoisotopic (exact) mass is 335 g/mol. The molecule has 0 radical (unpaired) electrons. The highest BCUT2D eigenvalue weighted by Gasteiger charge is 2.32. The average molecular weight is 335 g/mol. The molecule has 0 saturated carbocycles. The molecule has 1 aliphatic heterocycles. The van der Waals surface area contributed by atoms with Crippen LogP contribution >= 0.6 is 0 Å². The van der Waals surface area contributed by atoms with Crippen molar-refractivity contribution in [1.82, 2.24) is 14.3 Å². The first kappa shape index (κ1) is 15.9. The second kappa shape index (κ2) is 6.23. The molecule has 0 amide bonds. The first-order chi connectivity index (χ1) is 11.0. The fourth-order valence-electron chi connectivity index (χ4n) is 2.51. The highest BCUT2D eigenvalue weighted by molar-refractivity contribution is 7.89. The Labute approximate surface area is 134 Å². The van der Waals surface area contributed by atoms with Crippen LogP contribution in [0.15, 0.2) is 46.1 Å². The second-order valence-electron chi connectivity index (χ2n) is 5.31. The number of sulfonamides is 1. The Hall–Kier alpha value is -2.03. The lowest BCUT2D eigenvalue weighted by Gasteiger charge is -2.31. The summed E-state index contributed by atoms with van der Waals surface area (Å²) in [5, 5.41) is 0. The van der Waals surface area contributed by atoms with Gasteiger partial charge in [0.25, 0.3) is 5.56 Å². The van der Waals surface area contributed by atoms with Gasteiger partial charge in [0.05, 0.1) is 11.5 Å². The van der Waals surface area contributed by atoms with Gasteiger partial charge in [0.1, 0.15) is 11.9 Å². The third-order valence-electron chi connectivity index (χ3n) is 3.60. The number of nitrogens with one attached hydrogen (secondary N) is 1. The van der Waals surface area contributed by atoms with E-state index in [-0.39, 0.29) is 30.2 Å². The zero-order valence-electron chi connectivity index (χ0n) is 12.6. The molecule has 0 aliphatic carbocycles. The van der Waals surface area contributed by atoms with Gasteiger partial charge < -0.3 is 9.72 Å². The predicted molar refractivity (Wildman–Crippen MR) is 83.5 cm³/mol. The average Bonchev–Trinajstić information content (AvgIpc) is 2.55. The molecule has 3 rings (SSSR count). The van der Waals surface area contributed by atoms with E-state index < -0.39 is 16.1 Å². The molecule has 23 heavy (non-hydrogen) atoms. The first-order valence-corrected chi connectivity index (χ1v) is 8.65. The Kier molecular flexibility index (Phi) is 4.29. The largest absolute Gasteiger partial charge is 0.368 e. The minimum Gasteiger partial charge on any atom is -0.368 e. The van der Waals surface area contributed by atoms with E-state index in [1.165, 1.54) is 10.4 Å². The number of nitrogens with zero attached hydrogens (tertiary/aromatic N) is 2. The van der Waals surface area contributed by atoms with Crippen molar-refractivity contribution in [2.24, 2.45) is 0 Å². The number of hydrogen-bond donors (Lipinski definition) is 1. The summed E-state index contributed by atoms with van der Waals surface area (Å²) >= 11 is 0. The van der Waals surface area contributed by atoms with Crippen molar-refractivity contribution >= 4 is 10.0 Å². The van der Waals surface area contributed by atoms with Gasteiger partial charge in [-0.3, -0.25) is 4.79 Å². The molecule has 2 aromatic rings. The predicted octanol–water partition coefficient (Wildman–Crippen LogP) is 0.841. The van der Waals surface area contributed by atoms with Gasteiger partial charge in [-0.15, -0.1) is 0 Å². The van der Waals surface area contributed by atoms with Crippen LogP contribution in [0.5, 0.6) is 0 Å². The van der Waals surface area contributed by atoms with Gasteiger partial charge >= 0.3 is 0 Å². The minimum absolute atomic E-state index is 0.115. The number of rotatable bonds is 3. The van der Waals surface area contributed by atoms with Crippen molar-refractivity contribution in [3.05, 3.63) is 58.3 Å². The SMILES string of the molecule is Cc1cc(=O)[nH]c([C@H]2CN(S(=O)(=O)c3ccccc3)CCO2)n1. The van der Waals surface area contributed by atoms with Crippen molar-refractivity contribution in [2.75, 3.05) is 19.7 Å². The lowest BCUT2D eigenvalue weighted by Crippen LogP contribution is -2.42. The third kappa shape index (κ3) is 3.34. The van der Waals surface area contributed by atoms with Crippen LogP contribution in [-0.2, 0) is 14.8 Å². The van der Waals surface area contributed by atoms with E-state index in [0.717, 1.165) is 0 Å². The smallest absolute Gasteiger partial charge is 0.251 e. The highest BCUT2D eigenvalue weighted by atomic mass is 32.2. The Morgan fingerprint density at radius 3 is 2.74 bits per heavy atom. The van der Waals surface area contributed by atoms with E-state index in [9.17, 15) is 13.2 Å². The molecule has 7 nitrogen and oxygen atoms in total. The number of morpholine rings is 1. The molecule has 1 aromatic heterocycles. The molecule has 0 unspecified atom stereocenters. The van der Waals surface area contributed by atoms with Crippen LogP contribution in [0.2, 0.25) is 0 Å². The molecule has 1 fully saturated rings. The van der Waals surface area contributed by atoms with Crippen molar-refractivity contribution in [2.45, 2.75) is 17.9 Å². The van der Waals surface area contributed by atoms with Gasteiger partial charge in [0, 0.05) is 24.8 Å². The first-order valence-electron chi connectivity index (χ1n) is 7.21. The lowest BCUT2D eigenvalue weighted by atomic mass is 10.3. The quantitative estimate of drug-likeness (QED) is 0.897. The maximum Gasteiger partial charge on any atom is 0.251 e. The van der Waals surface area contributed by atoms with E-state index in [1.807, 2.05) is 0 Å². The Balaban J connectivity index is 1.88. The normalized spacial score (nSPS) is 19.6. The number of benzene rings is 1. The van der Waals surface area contributed by atoms with Crippen LogP contribution in [0.25, 0.3) is 0 Å². The van der Waals surface area contributed by atoms with E-state index in [2.05, 4.69) is 9.97 Å². The van der Waals surface area contributed by atoms with Gasteiger partial charge in [-0.2, -0.15) is 4.31 Å². The topological polar surface area (TPSA) is 92.4 Å². The Bertz CT molecular complexity index is 849. The summed E-state index contributed by atoms with van der Waals surface area (Å²) in [6.45, 7) is 2.34. The summed E-state index contributed by atoms with van der Waals surface area (Å²) in [6.07, 6.45) is -0.588. The van der Waals surface area contributed by atoms with Crippen LogP contribution in [0.1, 0.15) is 17.6 Å². The fourth-order valence-corrected chi connectivity index (χ4v) is 3.95. The number of H-pyrrole nitrogens is 1. The summed E-state index contributed by atoms with van der Waals surface area (Å²) in [4.78, 5) is 18.7. The van der Waals surface area contributed by atoms with E-state index in [1.54, 1.807) is 37.3 Å². The summed E-state index contributed by atoms with van der Waals surface area (Å²) in [7, 11) is -3.59. The highest BCUT2D eigenvalue weighted by Crippen LogP contribution is 2.24. The lowest BCUT2D eigenvalue weighted by molar-refractivity contribution is -0.00774. The van der Waals surface area contributed by atoms with Crippen molar-refractivity contribution in [1.29, 1.82) is 0 Å². The van der Waals surface area contributed by atoms with E-state index in [0.29, 0.717) is 11.5 Å². The molecule has 2 heterocycles. The van der Waals surface area contributed by atoms with Gasteiger partial charge in [0.2, 0.25) is 10.0 Å². The van der Waals surface area contributed by atoms with Gasteiger partial charge in [-0.25, -0.2) is 13.4 Å². The van der Waals surface area contributed by atoms with Crippen LogP contribution in [-0.4, -0.2) is 42.4 Å². The summed E-state index contributed by atoms with van der Waals surface area (Å²) in [5.41, 5.74) is 0.287. The molecule has 8 heteroatoms.